The molecule has 34 heavy (non-hydrogen) atoms. The van der Waals surface area contributed by atoms with Gasteiger partial charge in [0.1, 0.15) is 5.54 Å². The topological polar surface area (TPSA) is 105 Å². The predicted molar refractivity (Wildman–Crippen MR) is 128 cm³/mol. The fourth-order valence-electron chi connectivity index (χ4n) is 5.91. The van der Waals surface area contributed by atoms with Crippen LogP contribution in [0.25, 0.3) is 0 Å². The number of anilines is 1. The first-order valence-corrected chi connectivity index (χ1v) is 12.1. The van der Waals surface area contributed by atoms with Gasteiger partial charge in [0.15, 0.2) is 5.78 Å². The van der Waals surface area contributed by atoms with Gasteiger partial charge in [-0.2, -0.15) is 0 Å². The van der Waals surface area contributed by atoms with E-state index >= 15 is 0 Å². The van der Waals surface area contributed by atoms with Crippen molar-refractivity contribution in [3.05, 3.63) is 99.9 Å². The number of nitrogens with one attached hydrogen (secondary N) is 1. The van der Waals surface area contributed by atoms with Gasteiger partial charge in [-0.3, -0.25) is 29.6 Å². The lowest BCUT2D eigenvalue weighted by Crippen LogP contribution is -2.52. The molecule has 9 heteroatoms. The SMILES string of the molecule is O=C(c1cccnc1)[C@@H]1[C@@H](c2ccc([N+](=O)[O-])cc2)[C@@H]2CSCN2[C@@]12C(=O)Nc1ccccc12. The van der Waals surface area contributed by atoms with Crippen molar-refractivity contribution in [3.8, 4) is 0 Å². The number of pyridine rings is 1. The number of hydrogen-bond donors (Lipinski definition) is 1. The van der Waals surface area contributed by atoms with Crippen LogP contribution in [0.15, 0.2) is 73.1 Å². The molecule has 0 bridgehead atoms. The maximum atomic E-state index is 14.2. The fourth-order valence-corrected chi connectivity index (χ4v) is 7.24. The Morgan fingerprint density at radius 3 is 2.68 bits per heavy atom. The summed E-state index contributed by atoms with van der Waals surface area (Å²) in [6.07, 6.45) is 3.15. The summed E-state index contributed by atoms with van der Waals surface area (Å²) in [4.78, 5) is 45.2. The number of para-hydroxylation sites is 1. The monoisotopic (exact) mass is 472 g/mol. The number of carbonyl (C=O) groups is 2. The summed E-state index contributed by atoms with van der Waals surface area (Å²) in [5.74, 6) is -0.00811. The van der Waals surface area contributed by atoms with Gasteiger partial charge in [-0.15, -0.1) is 11.8 Å². The van der Waals surface area contributed by atoms with Gasteiger partial charge in [-0.05, 0) is 23.8 Å². The fraction of sp³-hybridized carbons (Fsp3) is 0.240. The summed E-state index contributed by atoms with van der Waals surface area (Å²) in [5.41, 5.74) is 1.62. The lowest BCUT2D eigenvalue weighted by Gasteiger charge is -2.36. The highest BCUT2D eigenvalue weighted by Gasteiger charge is 2.69. The van der Waals surface area contributed by atoms with Gasteiger partial charge in [0, 0.05) is 64.9 Å². The molecule has 0 unspecified atom stereocenters. The second-order valence-electron chi connectivity index (χ2n) is 8.76. The molecule has 2 fully saturated rings. The van der Waals surface area contributed by atoms with E-state index in [1.807, 2.05) is 24.3 Å². The molecule has 1 aromatic heterocycles. The van der Waals surface area contributed by atoms with E-state index in [0.29, 0.717) is 11.4 Å². The maximum absolute atomic E-state index is 14.2. The van der Waals surface area contributed by atoms with Crippen molar-refractivity contribution in [2.75, 3.05) is 16.9 Å². The number of nitrogens with zero attached hydrogens (tertiary/aromatic N) is 3. The summed E-state index contributed by atoms with van der Waals surface area (Å²) < 4.78 is 0. The van der Waals surface area contributed by atoms with Crippen LogP contribution in [0.4, 0.5) is 11.4 Å². The first-order chi connectivity index (χ1) is 16.5. The van der Waals surface area contributed by atoms with E-state index in [0.717, 1.165) is 22.6 Å². The number of benzene rings is 2. The van der Waals surface area contributed by atoms with Gasteiger partial charge in [0.2, 0.25) is 5.91 Å². The number of nitro benzene ring substituents is 1. The number of hydrogen-bond acceptors (Lipinski definition) is 7. The Kier molecular flexibility index (Phi) is 4.79. The van der Waals surface area contributed by atoms with Crippen LogP contribution in [0.3, 0.4) is 0 Å². The molecule has 0 aliphatic carbocycles. The van der Waals surface area contributed by atoms with Crippen LogP contribution in [0.2, 0.25) is 0 Å². The highest BCUT2D eigenvalue weighted by molar-refractivity contribution is 7.99. The van der Waals surface area contributed by atoms with Gasteiger partial charge >= 0.3 is 0 Å². The van der Waals surface area contributed by atoms with Crippen molar-refractivity contribution < 1.29 is 14.5 Å². The van der Waals surface area contributed by atoms with E-state index in [2.05, 4.69) is 15.2 Å². The van der Waals surface area contributed by atoms with Crippen LogP contribution in [0.1, 0.15) is 27.4 Å². The summed E-state index contributed by atoms with van der Waals surface area (Å²) in [6.45, 7) is 0. The van der Waals surface area contributed by atoms with E-state index < -0.39 is 16.4 Å². The number of non-ortho nitro benzene ring substituents is 1. The molecule has 0 saturated carbocycles. The molecule has 2 aromatic carbocycles. The molecule has 6 rings (SSSR count). The van der Waals surface area contributed by atoms with Crippen LogP contribution in [-0.2, 0) is 10.3 Å². The first-order valence-electron chi connectivity index (χ1n) is 11.0. The van der Waals surface area contributed by atoms with Gasteiger partial charge < -0.3 is 5.32 Å². The zero-order valence-corrected chi connectivity index (χ0v) is 18.8. The lowest BCUT2D eigenvalue weighted by atomic mass is 9.69. The second-order valence-corrected chi connectivity index (χ2v) is 9.76. The Morgan fingerprint density at radius 1 is 1.15 bits per heavy atom. The third kappa shape index (κ3) is 2.80. The zero-order chi connectivity index (χ0) is 23.4. The standard InChI is InChI=1S/C25H20N4O4S/c30-23(16-4-3-11-26-12-16)22-21(15-7-9-17(10-8-15)29(32)33)20-13-34-14-28(20)25(22)18-5-1-2-6-19(18)27-24(25)31/h1-12,20-22H,13-14H2,(H,27,31)/t20-,21-,22-,25+/m0/s1. The van der Waals surface area contributed by atoms with E-state index in [-0.39, 0.29) is 29.3 Å². The normalized spacial score (nSPS) is 27.4. The van der Waals surface area contributed by atoms with Crippen LogP contribution in [-0.4, -0.2) is 44.2 Å². The van der Waals surface area contributed by atoms with Crippen LogP contribution in [0.5, 0.6) is 0 Å². The van der Waals surface area contributed by atoms with Gasteiger partial charge in [0.25, 0.3) is 5.69 Å². The molecule has 3 aliphatic heterocycles. The van der Waals surface area contributed by atoms with Crippen molar-refractivity contribution in [1.82, 2.24) is 9.88 Å². The summed E-state index contributed by atoms with van der Waals surface area (Å²) >= 11 is 1.73. The Bertz CT molecular complexity index is 1320. The predicted octanol–water partition coefficient (Wildman–Crippen LogP) is 3.81. The second kappa shape index (κ2) is 7.75. The van der Waals surface area contributed by atoms with E-state index in [9.17, 15) is 19.7 Å². The molecule has 1 N–H and O–H groups in total. The molecule has 8 nitrogen and oxygen atoms in total. The third-order valence-electron chi connectivity index (χ3n) is 7.25. The molecule has 2 saturated heterocycles. The molecule has 1 amide bonds. The van der Waals surface area contributed by atoms with Gasteiger partial charge in [-0.1, -0.05) is 30.3 Å². The largest absolute Gasteiger partial charge is 0.324 e. The number of carbonyl (C=O) groups excluding carboxylic acids is 2. The van der Waals surface area contributed by atoms with E-state index in [1.165, 1.54) is 12.1 Å². The number of Topliss-reactive ketones (excluding diaryl/α,β-unsaturated/α-hetero) is 1. The molecule has 170 valence electrons. The summed E-state index contributed by atoms with van der Waals surface area (Å²) in [5, 5.41) is 14.3. The highest BCUT2D eigenvalue weighted by Crippen LogP contribution is 2.61. The lowest BCUT2D eigenvalue weighted by molar-refractivity contribution is -0.384. The Labute approximate surface area is 199 Å². The van der Waals surface area contributed by atoms with Crippen molar-refractivity contribution in [3.63, 3.8) is 0 Å². The molecule has 3 aromatic rings. The van der Waals surface area contributed by atoms with Crippen LogP contribution >= 0.6 is 11.8 Å². The number of amides is 1. The summed E-state index contributed by atoms with van der Waals surface area (Å²) in [6, 6.07) is 17.3. The maximum Gasteiger partial charge on any atom is 0.269 e. The highest BCUT2D eigenvalue weighted by atomic mass is 32.2. The van der Waals surface area contributed by atoms with Crippen molar-refractivity contribution >= 4 is 34.8 Å². The molecule has 4 atom stereocenters. The molecule has 0 radical (unpaired) electrons. The number of nitro groups is 1. The van der Waals surface area contributed by atoms with Crippen molar-refractivity contribution in [2.45, 2.75) is 17.5 Å². The average molecular weight is 473 g/mol. The van der Waals surface area contributed by atoms with Gasteiger partial charge in [0.05, 0.1) is 10.8 Å². The number of fused-ring (bicyclic) bond motifs is 4. The number of aromatic nitrogens is 1. The third-order valence-corrected chi connectivity index (χ3v) is 8.28. The van der Waals surface area contributed by atoms with Crippen LogP contribution < -0.4 is 5.32 Å². The first kappa shape index (κ1) is 21.0. The molecular weight excluding hydrogens is 452 g/mol. The number of rotatable bonds is 4. The quantitative estimate of drug-likeness (QED) is 0.350. The number of thioether (sulfide) groups is 1. The van der Waals surface area contributed by atoms with Crippen molar-refractivity contribution in [1.29, 1.82) is 0 Å². The Morgan fingerprint density at radius 2 is 1.94 bits per heavy atom. The minimum atomic E-state index is -1.16. The summed E-state index contributed by atoms with van der Waals surface area (Å²) in [7, 11) is 0. The van der Waals surface area contributed by atoms with E-state index in [4.69, 9.17) is 0 Å². The Hall–Kier alpha value is -3.56. The smallest absolute Gasteiger partial charge is 0.269 e. The average Bonchev–Trinajstić information content (AvgIpc) is 3.52. The molecular formula is C25H20N4O4S. The molecule has 4 heterocycles. The van der Waals surface area contributed by atoms with Gasteiger partial charge in [-0.25, -0.2) is 0 Å². The molecule has 1 spiro atoms. The molecule has 3 aliphatic rings. The van der Waals surface area contributed by atoms with Crippen molar-refractivity contribution in [2.24, 2.45) is 5.92 Å². The Balaban J connectivity index is 1.59. The minimum Gasteiger partial charge on any atom is -0.324 e. The number of ketones is 1. The van der Waals surface area contributed by atoms with Crippen LogP contribution in [0, 0.1) is 16.0 Å². The van der Waals surface area contributed by atoms with E-state index in [1.54, 1.807) is 48.4 Å². The minimum absolute atomic E-state index is 0.00629. The zero-order valence-electron chi connectivity index (χ0n) is 18.0.